The Hall–Kier alpha value is -4.26. The Kier molecular flexibility index (Phi) is 12.6. The minimum Gasteiger partial charge on any atom is -0.376 e. The van der Waals surface area contributed by atoms with E-state index in [4.69, 9.17) is 9.47 Å². The molecule has 4 atom stereocenters. The zero-order valence-corrected chi connectivity index (χ0v) is 31.8. The van der Waals surface area contributed by atoms with E-state index in [0.717, 1.165) is 67.7 Å². The van der Waals surface area contributed by atoms with Gasteiger partial charge in [0.2, 0.25) is 5.91 Å². The number of ether oxygens (including phenoxy) is 2. The van der Waals surface area contributed by atoms with Crippen molar-refractivity contribution in [2.45, 2.75) is 126 Å². The molecular formula is C42H53N5O6S. The Balaban J connectivity index is 1.08. The third-order valence-electron chi connectivity index (χ3n) is 11.2. The summed E-state index contributed by atoms with van der Waals surface area (Å²) in [6.07, 6.45) is 13.1. The monoisotopic (exact) mass is 755 g/mol. The van der Waals surface area contributed by atoms with E-state index in [-0.39, 0.29) is 53.2 Å². The average molecular weight is 756 g/mol. The summed E-state index contributed by atoms with van der Waals surface area (Å²) in [4.78, 5) is 27.8. The van der Waals surface area contributed by atoms with Gasteiger partial charge in [-0.3, -0.25) is 14.3 Å². The standard InChI is InChI=1S/C42H53N5O6S/c48-41(43-35-19-9-11-21-38(35)52-28-30-13-3-1-4-14-30)27-47-37(42(49)44-36-20-10-12-22-39(36)53-29-31-15-5-2-6-16-31)26-40(45-47)46-54(50,51)34-24-23-32-17-7-8-18-33(32)25-34/h1,3-4,7-8,13-14,17-18,23-26,31,35-36,38-39H,2,5-6,9-12,15-16,19-22,27-29H2,(H,43,48)(H,44,49)(H,45,46)/t35-,36-,38-,39-/m0/s1. The highest BCUT2D eigenvalue weighted by atomic mass is 32.2. The Bertz CT molecular complexity index is 1980. The summed E-state index contributed by atoms with van der Waals surface area (Å²) in [5.41, 5.74) is 1.16. The number of benzene rings is 3. The van der Waals surface area contributed by atoms with Crippen LogP contribution in [-0.4, -0.2) is 60.9 Å². The van der Waals surface area contributed by atoms with Gasteiger partial charge in [-0.25, -0.2) is 13.1 Å². The predicted molar refractivity (Wildman–Crippen MR) is 208 cm³/mol. The number of hydrogen-bond acceptors (Lipinski definition) is 7. The molecule has 3 aliphatic rings. The molecule has 12 heteroatoms. The van der Waals surface area contributed by atoms with Crippen molar-refractivity contribution < 1.29 is 27.5 Å². The highest BCUT2D eigenvalue weighted by molar-refractivity contribution is 7.92. The van der Waals surface area contributed by atoms with Gasteiger partial charge in [-0.05, 0) is 72.9 Å². The largest absolute Gasteiger partial charge is 0.376 e. The Morgan fingerprint density at radius 3 is 2.11 bits per heavy atom. The molecule has 11 nitrogen and oxygen atoms in total. The molecule has 1 aromatic heterocycles. The molecular weight excluding hydrogens is 703 g/mol. The van der Waals surface area contributed by atoms with Gasteiger partial charge in [0.15, 0.2) is 5.82 Å². The summed E-state index contributed by atoms with van der Waals surface area (Å²) in [6, 6.07) is 23.4. The Labute approximate surface area is 318 Å². The van der Waals surface area contributed by atoms with Crippen LogP contribution in [-0.2, 0) is 37.4 Å². The fourth-order valence-electron chi connectivity index (χ4n) is 8.25. The lowest BCUT2D eigenvalue weighted by atomic mass is 9.89. The summed E-state index contributed by atoms with van der Waals surface area (Å²) in [6.45, 7) is 0.885. The van der Waals surface area contributed by atoms with Gasteiger partial charge in [0.25, 0.3) is 15.9 Å². The summed E-state index contributed by atoms with van der Waals surface area (Å²) in [5.74, 6) is -0.242. The number of carbonyl (C=O) groups is 2. The number of anilines is 1. The fraction of sp³-hybridized carbons (Fsp3) is 0.500. The van der Waals surface area contributed by atoms with Crippen molar-refractivity contribution in [3.8, 4) is 0 Å². The molecule has 0 unspecified atom stereocenters. The average Bonchev–Trinajstić information content (AvgIpc) is 3.58. The Morgan fingerprint density at radius 1 is 0.704 bits per heavy atom. The second kappa shape index (κ2) is 17.9. The van der Waals surface area contributed by atoms with Crippen LogP contribution in [0.1, 0.15) is 99.5 Å². The minimum absolute atomic E-state index is 0.0448. The van der Waals surface area contributed by atoms with E-state index < -0.39 is 15.9 Å². The molecule has 3 saturated carbocycles. The van der Waals surface area contributed by atoms with E-state index in [2.05, 4.69) is 20.5 Å². The van der Waals surface area contributed by atoms with Crippen LogP contribution in [0.15, 0.2) is 83.8 Å². The summed E-state index contributed by atoms with van der Waals surface area (Å²) in [7, 11) is -4.07. The van der Waals surface area contributed by atoms with Crippen molar-refractivity contribution >= 4 is 38.4 Å². The first-order valence-corrected chi connectivity index (χ1v) is 21.3. The summed E-state index contributed by atoms with van der Waals surface area (Å²) < 4.78 is 43.8. The zero-order chi connectivity index (χ0) is 37.3. The van der Waals surface area contributed by atoms with Crippen LogP contribution in [0.2, 0.25) is 0 Å². The number of nitrogens with zero attached hydrogens (tertiary/aromatic N) is 2. The molecule has 3 aliphatic carbocycles. The predicted octanol–water partition coefficient (Wildman–Crippen LogP) is 7.12. The molecule has 3 aromatic carbocycles. The van der Waals surface area contributed by atoms with E-state index in [1.54, 1.807) is 18.2 Å². The van der Waals surface area contributed by atoms with E-state index >= 15 is 0 Å². The van der Waals surface area contributed by atoms with Gasteiger partial charge in [-0.2, -0.15) is 5.10 Å². The highest BCUT2D eigenvalue weighted by Gasteiger charge is 2.32. The molecule has 2 amide bonds. The van der Waals surface area contributed by atoms with Crippen molar-refractivity contribution in [2.24, 2.45) is 5.92 Å². The van der Waals surface area contributed by atoms with E-state index in [1.165, 1.54) is 42.9 Å². The molecule has 0 saturated heterocycles. The van der Waals surface area contributed by atoms with Gasteiger partial charge in [0.1, 0.15) is 12.2 Å². The van der Waals surface area contributed by atoms with Crippen molar-refractivity contribution in [1.82, 2.24) is 20.4 Å². The SMILES string of the molecule is O=C(Cn1nc(NS(=O)(=O)c2ccc3ccccc3c2)cc1C(=O)N[C@H]1CCCC[C@@H]1OCC1CCCCC1)N[C@H]1CCCC[C@@H]1OCc1ccccc1. The second-order valence-electron chi connectivity index (χ2n) is 15.2. The van der Waals surface area contributed by atoms with Crippen LogP contribution < -0.4 is 15.4 Å². The number of carbonyl (C=O) groups excluding carboxylic acids is 2. The van der Waals surface area contributed by atoms with Gasteiger partial charge in [0, 0.05) is 12.7 Å². The van der Waals surface area contributed by atoms with E-state index in [9.17, 15) is 18.0 Å². The van der Waals surface area contributed by atoms with Gasteiger partial charge in [-0.15, -0.1) is 0 Å². The molecule has 7 rings (SSSR count). The molecule has 0 spiro atoms. The van der Waals surface area contributed by atoms with Gasteiger partial charge in [0.05, 0.1) is 35.8 Å². The van der Waals surface area contributed by atoms with Crippen LogP contribution >= 0.6 is 0 Å². The van der Waals surface area contributed by atoms with Crippen LogP contribution in [0.25, 0.3) is 10.8 Å². The lowest BCUT2D eigenvalue weighted by molar-refractivity contribution is -0.124. The Morgan fingerprint density at radius 2 is 1.35 bits per heavy atom. The molecule has 0 aliphatic heterocycles. The maximum Gasteiger partial charge on any atom is 0.269 e. The number of nitrogens with one attached hydrogen (secondary N) is 3. The lowest BCUT2D eigenvalue weighted by Crippen LogP contribution is -2.48. The van der Waals surface area contributed by atoms with Crippen molar-refractivity contribution in [1.29, 1.82) is 0 Å². The maximum absolute atomic E-state index is 14.1. The van der Waals surface area contributed by atoms with E-state index in [1.807, 2.05) is 54.6 Å². The van der Waals surface area contributed by atoms with Gasteiger partial charge in [-0.1, -0.05) is 106 Å². The van der Waals surface area contributed by atoms with Crippen molar-refractivity contribution in [2.75, 3.05) is 11.3 Å². The third-order valence-corrected chi connectivity index (χ3v) is 12.6. The first-order valence-electron chi connectivity index (χ1n) is 19.8. The van der Waals surface area contributed by atoms with Crippen molar-refractivity contribution in [3.05, 3.63) is 90.1 Å². The molecule has 54 heavy (non-hydrogen) atoms. The summed E-state index contributed by atoms with van der Waals surface area (Å²) in [5, 5.41) is 12.5. The molecule has 3 N–H and O–H groups in total. The fourth-order valence-corrected chi connectivity index (χ4v) is 9.27. The third kappa shape index (κ3) is 9.88. The van der Waals surface area contributed by atoms with Crippen LogP contribution in [0.5, 0.6) is 0 Å². The number of sulfonamides is 1. The first-order chi connectivity index (χ1) is 26.3. The normalized spacial score (nSPS) is 22.4. The maximum atomic E-state index is 14.1. The molecule has 288 valence electrons. The molecule has 4 aromatic rings. The highest BCUT2D eigenvalue weighted by Crippen LogP contribution is 2.28. The zero-order valence-electron chi connectivity index (χ0n) is 31.0. The number of rotatable bonds is 14. The lowest BCUT2D eigenvalue weighted by Gasteiger charge is -2.34. The smallest absolute Gasteiger partial charge is 0.269 e. The van der Waals surface area contributed by atoms with Crippen LogP contribution in [0, 0.1) is 5.92 Å². The topological polar surface area (TPSA) is 141 Å². The number of hydrogen-bond donors (Lipinski definition) is 3. The first kappa shape index (κ1) is 38.0. The minimum atomic E-state index is -4.07. The van der Waals surface area contributed by atoms with Crippen molar-refractivity contribution in [3.63, 3.8) is 0 Å². The number of fused-ring (bicyclic) bond motifs is 1. The van der Waals surface area contributed by atoms with Gasteiger partial charge < -0.3 is 20.1 Å². The second-order valence-corrected chi connectivity index (χ2v) is 16.9. The number of amides is 2. The van der Waals surface area contributed by atoms with Gasteiger partial charge >= 0.3 is 0 Å². The van der Waals surface area contributed by atoms with E-state index in [0.29, 0.717) is 19.1 Å². The van der Waals surface area contributed by atoms with Crippen LogP contribution in [0.3, 0.4) is 0 Å². The molecule has 0 bridgehead atoms. The molecule has 3 fully saturated rings. The van der Waals surface area contributed by atoms with Crippen LogP contribution in [0.4, 0.5) is 5.82 Å². The summed E-state index contributed by atoms with van der Waals surface area (Å²) >= 11 is 0. The molecule has 1 heterocycles. The number of aromatic nitrogens is 2. The molecule has 0 radical (unpaired) electrons. The quantitative estimate of drug-likeness (QED) is 0.125.